The van der Waals surface area contributed by atoms with E-state index in [4.69, 9.17) is 4.74 Å². The van der Waals surface area contributed by atoms with Gasteiger partial charge in [-0.25, -0.2) is 0 Å². The molecule has 2 aromatic rings. The highest BCUT2D eigenvalue weighted by molar-refractivity contribution is 5.90. The maximum Gasteiger partial charge on any atom is 0.321 e. The Morgan fingerprint density at radius 3 is 2.39 bits per heavy atom. The first-order valence-electron chi connectivity index (χ1n) is 6.01. The Hall–Kier alpha value is -2.09. The molecule has 0 unspecified atom stereocenters. The Bertz CT molecular complexity index is 612. The summed E-state index contributed by atoms with van der Waals surface area (Å²) >= 11 is 0. The Morgan fingerprint density at radius 1 is 0.944 bits per heavy atom. The number of carbonyl (C=O) groups excluding carboxylic acids is 1. The standard InChI is InChI=1S/C16H14O2/c1-16(2)13-9-8-12(10-14(13)18-15(16)17)11-6-4-3-5-7-11/h3-10H,1-2H3. The van der Waals surface area contributed by atoms with Gasteiger partial charge in [0.2, 0.25) is 0 Å². The van der Waals surface area contributed by atoms with Gasteiger partial charge in [0.15, 0.2) is 0 Å². The number of hydrogen-bond donors (Lipinski definition) is 0. The Kier molecular flexibility index (Phi) is 2.27. The molecule has 0 aromatic heterocycles. The van der Waals surface area contributed by atoms with Gasteiger partial charge in [-0.2, -0.15) is 0 Å². The van der Waals surface area contributed by atoms with E-state index in [1.165, 1.54) is 0 Å². The molecule has 0 fully saturated rings. The van der Waals surface area contributed by atoms with Crippen LogP contribution in [0.4, 0.5) is 0 Å². The van der Waals surface area contributed by atoms with E-state index in [-0.39, 0.29) is 5.97 Å². The van der Waals surface area contributed by atoms with Crippen molar-refractivity contribution >= 4 is 5.97 Å². The van der Waals surface area contributed by atoms with E-state index < -0.39 is 5.41 Å². The third kappa shape index (κ3) is 1.53. The van der Waals surface area contributed by atoms with Crippen LogP contribution in [-0.2, 0) is 10.2 Å². The van der Waals surface area contributed by atoms with Crippen LogP contribution in [0.1, 0.15) is 19.4 Å². The van der Waals surface area contributed by atoms with E-state index >= 15 is 0 Å². The van der Waals surface area contributed by atoms with Crippen molar-refractivity contribution in [1.29, 1.82) is 0 Å². The number of carbonyl (C=O) groups is 1. The fraction of sp³-hybridized carbons (Fsp3) is 0.188. The molecule has 0 saturated heterocycles. The molecule has 3 rings (SSSR count). The van der Waals surface area contributed by atoms with Crippen LogP contribution in [-0.4, -0.2) is 5.97 Å². The van der Waals surface area contributed by atoms with Gasteiger partial charge in [-0.05, 0) is 31.0 Å². The van der Waals surface area contributed by atoms with Crippen LogP contribution < -0.4 is 4.74 Å². The topological polar surface area (TPSA) is 26.3 Å². The smallest absolute Gasteiger partial charge is 0.321 e. The highest BCUT2D eigenvalue weighted by atomic mass is 16.5. The molecule has 90 valence electrons. The second-order valence-electron chi connectivity index (χ2n) is 5.09. The molecule has 0 N–H and O–H groups in total. The Morgan fingerprint density at radius 2 is 1.67 bits per heavy atom. The molecular weight excluding hydrogens is 224 g/mol. The predicted molar refractivity (Wildman–Crippen MR) is 70.5 cm³/mol. The van der Waals surface area contributed by atoms with Gasteiger partial charge in [0.25, 0.3) is 0 Å². The van der Waals surface area contributed by atoms with Crippen molar-refractivity contribution in [3.63, 3.8) is 0 Å². The van der Waals surface area contributed by atoms with Gasteiger partial charge >= 0.3 is 5.97 Å². The molecule has 0 bridgehead atoms. The van der Waals surface area contributed by atoms with Crippen LogP contribution in [0.15, 0.2) is 48.5 Å². The summed E-state index contributed by atoms with van der Waals surface area (Å²) in [7, 11) is 0. The second kappa shape index (κ2) is 3.70. The first-order chi connectivity index (χ1) is 8.59. The van der Waals surface area contributed by atoms with Crippen LogP contribution in [0.5, 0.6) is 5.75 Å². The minimum atomic E-state index is -0.537. The third-order valence-electron chi connectivity index (χ3n) is 3.48. The summed E-state index contributed by atoms with van der Waals surface area (Å²) in [5.74, 6) is 0.508. The van der Waals surface area contributed by atoms with Crippen LogP contribution in [0, 0.1) is 0 Å². The van der Waals surface area contributed by atoms with Gasteiger partial charge in [0, 0.05) is 5.56 Å². The lowest BCUT2D eigenvalue weighted by Crippen LogP contribution is -2.25. The molecule has 0 aliphatic carbocycles. The zero-order valence-corrected chi connectivity index (χ0v) is 10.4. The number of ether oxygens (including phenoxy) is 1. The number of esters is 1. The molecule has 2 nitrogen and oxygen atoms in total. The van der Waals surface area contributed by atoms with Crippen molar-refractivity contribution in [2.45, 2.75) is 19.3 Å². The van der Waals surface area contributed by atoms with Crippen LogP contribution in [0.25, 0.3) is 11.1 Å². The lowest BCUT2D eigenvalue weighted by Gasteiger charge is -2.12. The first kappa shape index (κ1) is 11.0. The van der Waals surface area contributed by atoms with Gasteiger partial charge in [0.05, 0.1) is 5.41 Å². The minimum Gasteiger partial charge on any atom is -0.426 e. The normalized spacial score (nSPS) is 16.2. The lowest BCUT2D eigenvalue weighted by atomic mass is 9.85. The van der Waals surface area contributed by atoms with Crippen molar-refractivity contribution in [2.75, 3.05) is 0 Å². The van der Waals surface area contributed by atoms with Crippen molar-refractivity contribution in [2.24, 2.45) is 0 Å². The number of rotatable bonds is 1. The third-order valence-corrected chi connectivity index (χ3v) is 3.48. The lowest BCUT2D eigenvalue weighted by molar-refractivity contribution is -0.137. The van der Waals surface area contributed by atoms with E-state index in [2.05, 4.69) is 0 Å². The summed E-state index contributed by atoms with van der Waals surface area (Å²) in [6, 6.07) is 16.0. The van der Waals surface area contributed by atoms with E-state index in [9.17, 15) is 4.79 Å². The zero-order chi connectivity index (χ0) is 12.8. The molecular formula is C16H14O2. The molecule has 2 aromatic carbocycles. The first-order valence-corrected chi connectivity index (χ1v) is 6.01. The van der Waals surface area contributed by atoms with E-state index in [0.717, 1.165) is 16.7 Å². The summed E-state index contributed by atoms with van der Waals surface area (Å²) < 4.78 is 5.35. The monoisotopic (exact) mass is 238 g/mol. The van der Waals surface area contributed by atoms with E-state index in [0.29, 0.717) is 5.75 Å². The minimum absolute atomic E-state index is 0.178. The fourth-order valence-corrected chi connectivity index (χ4v) is 2.27. The van der Waals surface area contributed by atoms with Gasteiger partial charge in [0.1, 0.15) is 5.75 Å². The van der Waals surface area contributed by atoms with Crippen LogP contribution in [0.2, 0.25) is 0 Å². The predicted octanol–water partition coefficient (Wildman–Crippen LogP) is 3.55. The molecule has 0 radical (unpaired) electrons. The maximum atomic E-state index is 11.8. The van der Waals surface area contributed by atoms with Crippen molar-refractivity contribution in [3.05, 3.63) is 54.1 Å². The summed E-state index contributed by atoms with van der Waals surface area (Å²) in [6.45, 7) is 3.78. The quantitative estimate of drug-likeness (QED) is 0.561. The van der Waals surface area contributed by atoms with Crippen LogP contribution >= 0.6 is 0 Å². The molecule has 2 heteroatoms. The molecule has 1 aliphatic heterocycles. The van der Waals surface area contributed by atoms with E-state index in [1.54, 1.807) is 0 Å². The highest BCUT2D eigenvalue weighted by Crippen LogP contribution is 2.41. The number of fused-ring (bicyclic) bond motifs is 1. The van der Waals surface area contributed by atoms with Crippen molar-refractivity contribution in [1.82, 2.24) is 0 Å². The molecule has 1 heterocycles. The molecule has 1 aliphatic rings. The molecule has 18 heavy (non-hydrogen) atoms. The summed E-state index contributed by atoms with van der Waals surface area (Å²) in [5, 5.41) is 0. The highest BCUT2D eigenvalue weighted by Gasteiger charge is 2.40. The fourth-order valence-electron chi connectivity index (χ4n) is 2.27. The summed E-state index contributed by atoms with van der Waals surface area (Å²) in [6.07, 6.45) is 0. The zero-order valence-electron chi connectivity index (χ0n) is 10.4. The Labute approximate surface area is 106 Å². The van der Waals surface area contributed by atoms with Gasteiger partial charge in [-0.15, -0.1) is 0 Å². The molecule has 0 saturated carbocycles. The van der Waals surface area contributed by atoms with Gasteiger partial charge in [-0.3, -0.25) is 4.79 Å². The SMILES string of the molecule is CC1(C)C(=O)Oc2cc(-c3ccccc3)ccc21. The summed E-state index contributed by atoms with van der Waals surface area (Å²) in [5.41, 5.74) is 2.62. The molecule has 0 atom stereocenters. The maximum absolute atomic E-state index is 11.8. The van der Waals surface area contributed by atoms with Crippen LogP contribution in [0.3, 0.4) is 0 Å². The van der Waals surface area contributed by atoms with Crippen molar-refractivity contribution < 1.29 is 9.53 Å². The Balaban J connectivity index is 2.10. The van der Waals surface area contributed by atoms with E-state index in [1.807, 2.05) is 62.4 Å². The largest absolute Gasteiger partial charge is 0.426 e. The van der Waals surface area contributed by atoms with Crippen molar-refractivity contribution in [3.8, 4) is 16.9 Å². The summed E-state index contributed by atoms with van der Waals surface area (Å²) in [4.78, 5) is 11.8. The molecule has 0 amide bonds. The number of benzene rings is 2. The molecule has 0 spiro atoms. The average molecular weight is 238 g/mol. The number of hydrogen-bond acceptors (Lipinski definition) is 2. The average Bonchev–Trinajstić information content (AvgIpc) is 2.61. The van der Waals surface area contributed by atoms with Gasteiger partial charge < -0.3 is 4.74 Å². The van der Waals surface area contributed by atoms with Gasteiger partial charge in [-0.1, -0.05) is 42.5 Å². The second-order valence-corrected chi connectivity index (χ2v) is 5.09.